The van der Waals surface area contributed by atoms with E-state index in [-0.39, 0.29) is 17.8 Å². The van der Waals surface area contributed by atoms with E-state index in [9.17, 15) is 14.7 Å². The van der Waals surface area contributed by atoms with Crippen LogP contribution in [0.25, 0.3) is 0 Å². The molecule has 1 aliphatic rings. The van der Waals surface area contributed by atoms with Gasteiger partial charge in [0.15, 0.2) is 11.5 Å². The molecule has 0 spiro atoms. The summed E-state index contributed by atoms with van der Waals surface area (Å²) in [4.78, 5) is 22.9. The Labute approximate surface area is 87.5 Å². The highest BCUT2D eigenvalue weighted by Gasteiger charge is 2.28. The SMILES string of the molecule is C/C=C/CC1=C(O)C(=O)C=C(OC)C1=O. The van der Waals surface area contributed by atoms with Gasteiger partial charge in [-0.05, 0) is 13.3 Å². The van der Waals surface area contributed by atoms with Crippen LogP contribution in [0.3, 0.4) is 0 Å². The lowest BCUT2D eigenvalue weighted by Gasteiger charge is -2.13. The predicted molar refractivity (Wildman–Crippen MR) is 54.2 cm³/mol. The minimum atomic E-state index is -0.592. The molecule has 0 aromatic heterocycles. The highest BCUT2D eigenvalue weighted by Crippen LogP contribution is 2.21. The average Bonchev–Trinajstić information content (AvgIpc) is 2.23. The molecule has 15 heavy (non-hydrogen) atoms. The number of hydrogen-bond donors (Lipinski definition) is 1. The second-order valence-corrected chi connectivity index (χ2v) is 3.01. The zero-order valence-electron chi connectivity index (χ0n) is 8.61. The van der Waals surface area contributed by atoms with Crippen LogP contribution in [0.1, 0.15) is 13.3 Å². The lowest BCUT2D eigenvalue weighted by atomic mass is 9.97. The van der Waals surface area contributed by atoms with Crippen molar-refractivity contribution in [2.75, 3.05) is 7.11 Å². The highest BCUT2D eigenvalue weighted by molar-refractivity contribution is 6.20. The van der Waals surface area contributed by atoms with Gasteiger partial charge in [-0.2, -0.15) is 0 Å². The van der Waals surface area contributed by atoms with Gasteiger partial charge in [-0.3, -0.25) is 9.59 Å². The molecule has 0 aliphatic heterocycles. The number of ether oxygens (including phenoxy) is 1. The van der Waals surface area contributed by atoms with Crippen LogP contribution in [0, 0.1) is 0 Å². The summed E-state index contributed by atoms with van der Waals surface area (Å²) in [6.45, 7) is 1.79. The maximum absolute atomic E-state index is 11.6. The van der Waals surface area contributed by atoms with Crippen LogP contribution in [0.2, 0.25) is 0 Å². The number of aliphatic hydroxyl groups is 1. The third-order valence-corrected chi connectivity index (χ3v) is 2.06. The molecule has 0 aromatic rings. The van der Waals surface area contributed by atoms with Crippen LogP contribution in [-0.2, 0) is 14.3 Å². The fraction of sp³-hybridized carbons (Fsp3) is 0.273. The Hall–Kier alpha value is -1.84. The van der Waals surface area contributed by atoms with Gasteiger partial charge in [-0.15, -0.1) is 0 Å². The van der Waals surface area contributed by atoms with Crippen LogP contribution in [0.15, 0.2) is 35.3 Å². The second kappa shape index (κ2) is 4.59. The fourth-order valence-electron chi connectivity index (χ4n) is 1.23. The molecule has 0 saturated carbocycles. The molecular formula is C11H12O4. The number of methoxy groups -OCH3 is 1. The van der Waals surface area contributed by atoms with Crippen molar-refractivity contribution in [3.05, 3.63) is 35.3 Å². The number of rotatable bonds is 3. The number of carbonyl (C=O) groups is 2. The number of hydrogen-bond acceptors (Lipinski definition) is 4. The molecule has 80 valence electrons. The van der Waals surface area contributed by atoms with Crippen molar-refractivity contribution in [3.8, 4) is 0 Å². The summed E-state index contributed by atoms with van der Waals surface area (Å²) >= 11 is 0. The molecular weight excluding hydrogens is 196 g/mol. The molecule has 0 fully saturated rings. The molecule has 0 radical (unpaired) electrons. The first-order chi connectivity index (χ1) is 7.11. The van der Waals surface area contributed by atoms with Crippen LogP contribution in [0.4, 0.5) is 0 Å². The summed E-state index contributed by atoms with van der Waals surface area (Å²) in [7, 11) is 1.31. The maximum atomic E-state index is 11.6. The molecule has 0 amide bonds. The van der Waals surface area contributed by atoms with E-state index in [0.717, 1.165) is 6.08 Å². The third-order valence-electron chi connectivity index (χ3n) is 2.06. The molecule has 1 N–H and O–H groups in total. The largest absolute Gasteiger partial charge is 0.504 e. The van der Waals surface area contributed by atoms with Gasteiger partial charge in [0.05, 0.1) is 12.7 Å². The van der Waals surface area contributed by atoms with Crippen LogP contribution < -0.4 is 0 Å². The van der Waals surface area contributed by atoms with E-state index in [1.807, 2.05) is 0 Å². The lowest BCUT2D eigenvalue weighted by molar-refractivity contribution is -0.119. The van der Waals surface area contributed by atoms with E-state index >= 15 is 0 Å². The van der Waals surface area contributed by atoms with E-state index in [0.29, 0.717) is 0 Å². The number of carbonyl (C=O) groups excluding carboxylic acids is 2. The zero-order valence-corrected chi connectivity index (χ0v) is 8.61. The van der Waals surface area contributed by atoms with Gasteiger partial charge in [0, 0.05) is 6.08 Å². The van der Waals surface area contributed by atoms with Crippen molar-refractivity contribution in [1.82, 2.24) is 0 Å². The van der Waals surface area contributed by atoms with Crippen LogP contribution >= 0.6 is 0 Å². The predicted octanol–water partition coefficient (Wildman–Crippen LogP) is 1.45. The normalized spacial score (nSPS) is 17.3. The molecule has 4 heteroatoms. The van der Waals surface area contributed by atoms with Gasteiger partial charge in [0.2, 0.25) is 11.6 Å². The standard InChI is InChI=1S/C11H12O4/c1-3-4-5-7-10(13)8(12)6-9(15-2)11(7)14/h3-4,6,13H,5H2,1-2H3/b4-3+. The summed E-state index contributed by atoms with van der Waals surface area (Å²) in [6.07, 6.45) is 4.66. The molecule has 0 unspecified atom stereocenters. The molecule has 0 atom stereocenters. The Morgan fingerprint density at radius 3 is 2.67 bits per heavy atom. The first kappa shape index (κ1) is 11.2. The van der Waals surface area contributed by atoms with Crippen LogP contribution in [0.5, 0.6) is 0 Å². The summed E-state index contributed by atoms with van der Waals surface area (Å²) < 4.78 is 4.75. The Morgan fingerprint density at radius 1 is 1.47 bits per heavy atom. The van der Waals surface area contributed by atoms with Gasteiger partial charge in [0.25, 0.3) is 0 Å². The van der Waals surface area contributed by atoms with E-state index < -0.39 is 17.3 Å². The Morgan fingerprint density at radius 2 is 2.13 bits per heavy atom. The maximum Gasteiger partial charge on any atom is 0.227 e. The molecule has 0 saturated heterocycles. The summed E-state index contributed by atoms with van der Waals surface area (Å²) in [5, 5.41) is 9.42. The number of aliphatic hydroxyl groups excluding tert-OH is 1. The van der Waals surface area contributed by atoms with Gasteiger partial charge in [0.1, 0.15) is 0 Å². The Balaban J connectivity index is 3.06. The molecule has 1 rings (SSSR count). The number of ketones is 2. The summed E-state index contributed by atoms with van der Waals surface area (Å²) in [5.41, 5.74) is 0.0810. The van der Waals surface area contributed by atoms with Gasteiger partial charge in [-0.25, -0.2) is 0 Å². The van der Waals surface area contributed by atoms with E-state index in [2.05, 4.69) is 0 Å². The van der Waals surface area contributed by atoms with Crippen molar-refractivity contribution < 1.29 is 19.4 Å². The van der Waals surface area contributed by atoms with Crippen molar-refractivity contribution in [2.24, 2.45) is 0 Å². The van der Waals surface area contributed by atoms with Crippen molar-refractivity contribution in [3.63, 3.8) is 0 Å². The van der Waals surface area contributed by atoms with E-state index in [1.54, 1.807) is 19.1 Å². The molecule has 1 aliphatic carbocycles. The van der Waals surface area contributed by atoms with Crippen molar-refractivity contribution >= 4 is 11.6 Å². The average molecular weight is 208 g/mol. The third kappa shape index (κ3) is 2.15. The number of allylic oxidation sites excluding steroid dienone is 4. The summed E-state index contributed by atoms with van der Waals surface area (Å²) in [6, 6.07) is 0. The first-order valence-corrected chi connectivity index (χ1v) is 4.49. The lowest BCUT2D eigenvalue weighted by Crippen LogP contribution is -2.20. The highest BCUT2D eigenvalue weighted by atomic mass is 16.5. The molecule has 4 nitrogen and oxygen atoms in total. The topological polar surface area (TPSA) is 63.6 Å². The van der Waals surface area contributed by atoms with Gasteiger partial charge >= 0.3 is 0 Å². The molecule has 0 heterocycles. The quantitative estimate of drug-likeness (QED) is 0.563. The summed E-state index contributed by atoms with van der Waals surface area (Å²) in [5.74, 6) is -1.55. The monoisotopic (exact) mass is 208 g/mol. The second-order valence-electron chi connectivity index (χ2n) is 3.01. The minimum absolute atomic E-state index is 0.0303. The smallest absolute Gasteiger partial charge is 0.227 e. The Bertz CT molecular complexity index is 385. The minimum Gasteiger partial charge on any atom is -0.504 e. The van der Waals surface area contributed by atoms with Gasteiger partial charge in [-0.1, -0.05) is 12.2 Å². The van der Waals surface area contributed by atoms with Crippen molar-refractivity contribution in [1.29, 1.82) is 0 Å². The van der Waals surface area contributed by atoms with Crippen LogP contribution in [-0.4, -0.2) is 23.8 Å². The van der Waals surface area contributed by atoms with E-state index in [4.69, 9.17) is 4.74 Å². The fourth-order valence-corrected chi connectivity index (χ4v) is 1.23. The van der Waals surface area contributed by atoms with E-state index in [1.165, 1.54) is 7.11 Å². The Kier molecular flexibility index (Phi) is 3.44. The number of Topliss-reactive ketones (excluding diaryl/α,β-unsaturated/α-hetero) is 1. The molecule has 0 aromatic carbocycles. The first-order valence-electron chi connectivity index (χ1n) is 4.49. The zero-order chi connectivity index (χ0) is 11.4. The van der Waals surface area contributed by atoms with Crippen molar-refractivity contribution in [2.45, 2.75) is 13.3 Å². The molecule has 0 bridgehead atoms. The van der Waals surface area contributed by atoms with Gasteiger partial charge < -0.3 is 9.84 Å².